The summed E-state index contributed by atoms with van der Waals surface area (Å²) >= 11 is 0. The summed E-state index contributed by atoms with van der Waals surface area (Å²) in [6.45, 7) is 8.04. The second-order valence-corrected chi connectivity index (χ2v) is 4.82. The third-order valence-electron chi connectivity index (χ3n) is 3.27. The molecule has 0 aliphatic heterocycles. The van der Waals surface area contributed by atoms with Crippen LogP contribution in [0.5, 0.6) is 0 Å². The van der Waals surface area contributed by atoms with E-state index in [2.05, 4.69) is 6.07 Å². The molecule has 0 saturated carbocycles. The molecule has 5 nitrogen and oxygen atoms in total. The molecule has 0 aromatic heterocycles. The molecule has 0 fully saturated rings. The maximum Gasteiger partial charge on any atom is 0.325 e. The average Bonchev–Trinajstić information content (AvgIpc) is 2.44. The highest BCUT2D eigenvalue weighted by molar-refractivity contribution is 5.88. The maximum absolute atomic E-state index is 12.6. The number of ether oxygens (including phenoxy) is 1. The van der Waals surface area contributed by atoms with Gasteiger partial charge in [-0.15, -0.1) is 0 Å². The van der Waals surface area contributed by atoms with Crippen molar-refractivity contribution in [3.8, 4) is 6.07 Å². The van der Waals surface area contributed by atoms with Crippen LogP contribution < -0.4 is 0 Å². The molecule has 0 unspecified atom stereocenters. The Balaban J connectivity index is 5.09. The van der Waals surface area contributed by atoms with Crippen LogP contribution in [0.15, 0.2) is 0 Å². The molecule has 5 heteroatoms. The van der Waals surface area contributed by atoms with Crippen molar-refractivity contribution < 1.29 is 14.3 Å². The first-order chi connectivity index (χ1) is 9.51. The van der Waals surface area contributed by atoms with E-state index in [0.717, 1.165) is 12.8 Å². The third kappa shape index (κ3) is 4.84. The van der Waals surface area contributed by atoms with Crippen molar-refractivity contribution in [2.45, 2.75) is 53.4 Å². The van der Waals surface area contributed by atoms with Gasteiger partial charge in [-0.05, 0) is 26.7 Å². The molecule has 114 valence electrons. The molecular weight excluding hydrogens is 256 g/mol. The normalized spacial score (nSPS) is 10.8. The van der Waals surface area contributed by atoms with Crippen LogP contribution in [-0.4, -0.2) is 36.5 Å². The number of nitriles is 1. The molecular formula is C15H26N2O3. The number of likely N-dealkylation sites (N-methyl/N-ethyl adjacent to an activating group) is 1. The van der Waals surface area contributed by atoms with Crippen molar-refractivity contribution in [2.75, 3.05) is 19.7 Å². The SMILES string of the molecule is CCCC(C#N)(CCC)C(=O)N(CC)CC(=O)OCC. The lowest BCUT2D eigenvalue weighted by Crippen LogP contribution is -2.45. The summed E-state index contributed by atoms with van der Waals surface area (Å²) in [6.07, 6.45) is 2.57. The minimum absolute atomic E-state index is 0.0833. The van der Waals surface area contributed by atoms with E-state index >= 15 is 0 Å². The van der Waals surface area contributed by atoms with E-state index in [1.165, 1.54) is 4.90 Å². The molecule has 0 aliphatic rings. The molecule has 20 heavy (non-hydrogen) atoms. The molecule has 0 atom stereocenters. The van der Waals surface area contributed by atoms with Gasteiger partial charge in [-0.2, -0.15) is 5.26 Å². The highest BCUT2D eigenvalue weighted by Gasteiger charge is 2.40. The van der Waals surface area contributed by atoms with Gasteiger partial charge in [-0.25, -0.2) is 0 Å². The van der Waals surface area contributed by atoms with Crippen LogP contribution in [0.4, 0.5) is 0 Å². The largest absolute Gasteiger partial charge is 0.465 e. The zero-order chi connectivity index (χ0) is 15.6. The van der Waals surface area contributed by atoms with E-state index in [1.807, 2.05) is 13.8 Å². The lowest BCUT2D eigenvalue weighted by atomic mass is 9.79. The summed E-state index contributed by atoms with van der Waals surface area (Å²) in [5, 5.41) is 9.48. The van der Waals surface area contributed by atoms with Crippen molar-refractivity contribution in [2.24, 2.45) is 5.41 Å². The number of carbonyl (C=O) groups excluding carboxylic acids is 2. The highest BCUT2D eigenvalue weighted by Crippen LogP contribution is 2.31. The Bertz CT molecular complexity index is 355. The van der Waals surface area contributed by atoms with E-state index < -0.39 is 11.4 Å². The number of carbonyl (C=O) groups is 2. The first-order valence-corrected chi connectivity index (χ1v) is 7.37. The van der Waals surface area contributed by atoms with Crippen LogP contribution in [0.25, 0.3) is 0 Å². The number of esters is 1. The van der Waals surface area contributed by atoms with Crippen molar-refractivity contribution >= 4 is 11.9 Å². The quantitative estimate of drug-likeness (QED) is 0.609. The Hall–Kier alpha value is -1.57. The van der Waals surface area contributed by atoms with Crippen molar-refractivity contribution in [1.29, 1.82) is 5.26 Å². The molecule has 0 N–H and O–H groups in total. The minimum Gasteiger partial charge on any atom is -0.465 e. The smallest absolute Gasteiger partial charge is 0.325 e. The van der Waals surface area contributed by atoms with Gasteiger partial charge in [0.05, 0.1) is 12.7 Å². The molecule has 0 bridgehead atoms. The second-order valence-electron chi connectivity index (χ2n) is 4.82. The number of hydrogen-bond donors (Lipinski definition) is 0. The molecule has 0 aromatic rings. The Kier molecular flexibility index (Phi) is 8.62. The zero-order valence-electron chi connectivity index (χ0n) is 13.1. The fourth-order valence-electron chi connectivity index (χ4n) is 2.34. The highest BCUT2D eigenvalue weighted by atomic mass is 16.5. The summed E-state index contributed by atoms with van der Waals surface area (Å²) in [6, 6.07) is 2.19. The van der Waals surface area contributed by atoms with Crippen LogP contribution in [0, 0.1) is 16.7 Å². The summed E-state index contributed by atoms with van der Waals surface area (Å²) < 4.78 is 4.87. The summed E-state index contributed by atoms with van der Waals surface area (Å²) in [5.41, 5.74) is -1.01. The van der Waals surface area contributed by atoms with Crippen LogP contribution in [0.3, 0.4) is 0 Å². The van der Waals surface area contributed by atoms with E-state index in [9.17, 15) is 14.9 Å². The van der Waals surface area contributed by atoms with Crippen molar-refractivity contribution in [3.05, 3.63) is 0 Å². The van der Waals surface area contributed by atoms with E-state index in [4.69, 9.17) is 4.74 Å². The Morgan fingerprint density at radius 2 is 1.70 bits per heavy atom. The van der Waals surface area contributed by atoms with E-state index in [0.29, 0.717) is 19.4 Å². The number of hydrogen-bond acceptors (Lipinski definition) is 4. The Labute approximate surface area is 121 Å². The topological polar surface area (TPSA) is 70.4 Å². The zero-order valence-corrected chi connectivity index (χ0v) is 13.1. The van der Waals surface area contributed by atoms with Gasteiger partial charge in [0.2, 0.25) is 5.91 Å². The summed E-state index contributed by atoms with van der Waals surface area (Å²) in [5.74, 6) is -0.679. The van der Waals surface area contributed by atoms with Crippen LogP contribution >= 0.6 is 0 Å². The number of rotatable bonds is 9. The fourth-order valence-corrected chi connectivity index (χ4v) is 2.34. The predicted molar refractivity (Wildman–Crippen MR) is 76.7 cm³/mol. The average molecular weight is 282 g/mol. The number of nitrogens with zero attached hydrogens (tertiary/aromatic N) is 2. The first-order valence-electron chi connectivity index (χ1n) is 7.37. The fraction of sp³-hybridized carbons (Fsp3) is 0.800. The molecule has 0 rings (SSSR count). The summed E-state index contributed by atoms with van der Waals surface area (Å²) in [7, 11) is 0. The van der Waals surface area contributed by atoms with E-state index in [-0.39, 0.29) is 19.1 Å². The molecule has 0 saturated heterocycles. The van der Waals surface area contributed by atoms with Crippen molar-refractivity contribution in [1.82, 2.24) is 4.90 Å². The lowest BCUT2D eigenvalue weighted by Gasteiger charge is -2.31. The third-order valence-corrected chi connectivity index (χ3v) is 3.27. The Morgan fingerprint density at radius 3 is 2.05 bits per heavy atom. The molecule has 0 heterocycles. The van der Waals surface area contributed by atoms with Gasteiger partial charge >= 0.3 is 5.97 Å². The summed E-state index contributed by atoms with van der Waals surface area (Å²) in [4.78, 5) is 25.6. The second kappa shape index (κ2) is 9.35. The minimum atomic E-state index is -1.01. The van der Waals surface area contributed by atoms with Gasteiger partial charge < -0.3 is 9.64 Å². The van der Waals surface area contributed by atoms with Gasteiger partial charge in [-0.1, -0.05) is 26.7 Å². The van der Waals surface area contributed by atoms with Gasteiger partial charge in [-0.3, -0.25) is 9.59 Å². The first kappa shape index (κ1) is 18.4. The molecule has 0 spiro atoms. The molecule has 0 radical (unpaired) electrons. The van der Waals surface area contributed by atoms with Gasteiger partial charge in [0, 0.05) is 6.54 Å². The van der Waals surface area contributed by atoms with Gasteiger partial charge in [0.1, 0.15) is 12.0 Å². The molecule has 0 aliphatic carbocycles. The maximum atomic E-state index is 12.6. The van der Waals surface area contributed by atoms with Crippen molar-refractivity contribution in [3.63, 3.8) is 0 Å². The van der Waals surface area contributed by atoms with E-state index in [1.54, 1.807) is 13.8 Å². The standard InChI is InChI=1S/C15H26N2O3/c1-5-9-15(12-16,10-6-2)14(19)17(7-3)11-13(18)20-8-4/h5-11H2,1-4H3. The van der Waals surface area contributed by atoms with Gasteiger partial charge in [0.25, 0.3) is 0 Å². The van der Waals surface area contributed by atoms with Crippen LogP contribution in [0.1, 0.15) is 53.4 Å². The van der Waals surface area contributed by atoms with Crippen LogP contribution in [0.2, 0.25) is 0 Å². The Morgan fingerprint density at radius 1 is 1.15 bits per heavy atom. The van der Waals surface area contributed by atoms with Crippen LogP contribution in [-0.2, 0) is 14.3 Å². The predicted octanol–water partition coefficient (Wildman–Crippen LogP) is 2.51. The lowest BCUT2D eigenvalue weighted by molar-refractivity contribution is -0.151. The monoisotopic (exact) mass is 282 g/mol. The van der Waals surface area contributed by atoms with Gasteiger partial charge in [0.15, 0.2) is 0 Å². The molecule has 0 aromatic carbocycles. The number of amides is 1. The molecule has 1 amide bonds.